The second-order valence-corrected chi connectivity index (χ2v) is 6.61. The Bertz CT molecular complexity index is 395. The zero-order valence-corrected chi connectivity index (χ0v) is 14.5. The zero-order chi connectivity index (χ0) is 15.3. The van der Waals surface area contributed by atoms with E-state index in [0.29, 0.717) is 6.04 Å². The smallest absolute Gasteiger partial charge is 0.0226 e. The first-order valence-electron chi connectivity index (χ1n) is 7.88. The van der Waals surface area contributed by atoms with E-state index in [0.717, 1.165) is 25.6 Å². The van der Waals surface area contributed by atoms with E-state index in [2.05, 4.69) is 69.6 Å². The number of nitrogens with zero attached hydrogens (tertiary/aromatic N) is 2. The summed E-state index contributed by atoms with van der Waals surface area (Å²) in [4.78, 5) is 2.27. The molecule has 1 atom stereocenters. The van der Waals surface area contributed by atoms with Gasteiger partial charge in [0.05, 0.1) is 0 Å². The molecular weight excluding hydrogens is 246 g/mol. The summed E-state index contributed by atoms with van der Waals surface area (Å²) in [6.07, 6.45) is 1.23. The molecule has 0 aliphatic heterocycles. The molecule has 1 aromatic rings. The minimum Gasteiger partial charge on any atom is -0.349 e. The largest absolute Gasteiger partial charge is 0.349 e. The number of hydrogen-bond acceptors (Lipinski definition) is 2. The molecule has 0 fully saturated rings. The molecule has 116 valence electrons. The summed E-state index contributed by atoms with van der Waals surface area (Å²) in [5, 5.41) is 3.75. The molecule has 1 N–H and O–H groups in total. The van der Waals surface area contributed by atoms with Gasteiger partial charge in [0, 0.05) is 37.1 Å². The third-order valence-corrected chi connectivity index (χ3v) is 3.92. The Kier molecular flexibility index (Phi) is 6.77. The Morgan fingerprint density at radius 1 is 1.25 bits per heavy atom. The van der Waals surface area contributed by atoms with Crippen LogP contribution in [0.2, 0.25) is 0 Å². The molecule has 0 aliphatic carbocycles. The molecule has 1 rings (SSSR count). The number of aryl methyl sites for hydroxylation is 1. The fourth-order valence-corrected chi connectivity index (χ4v) is 3.02. The fourth-order valence-electron chi connectivity index (χ4n) is 3.02. The van der Waals surface area contributed by atoms with E-state index in [-0.39, 0.29) is 0 Å². The van der Waals surface area contributed by atoms with Crippen LogP contribution in [0.25, 0.3) is 0 Å². The molecule has 3 heteroatoms. The van der Waals surface area contributed by atoms with Crippen molar-refractivity contribution in [3.05, 3.63) is 23.0 Å². The summed E-state index contributed by atoms with van der Waals surface area (Å²) >= 11 is 0. The Balaban J connectivity index is 2.67. The summed E-state index contributed by atoms with van der Waals surface area (Å²) in [5.41, 5.74) is 4.22. The van der Waals surface area contributed by atoms with Gasteiger partial charge >= 0.3 is 0 Å². The van der Waals surface area contributed by atoms with Crippen molar-refractivity contribution in [2.45, 2.75) is 60.2 Å². The van der Waals surface area contributed by atoms with Gasteiger partial charge in [0.2, 0.25) is 0 Å². The number of hydrogen-bond donors (Lipinski definition) is 1. The first kappa shape index (κ1) is 17.3. The minimum absolute atomic E-state index is 0.565. The van der Waals surface area contributed by atoms with Gasteiger partial charge in [-0.3, -0.25) is 0 Å². The van der Waals surface area contributed by atoms with E-state index >= 15 is 0 Å². The van der Waals surface area contributed by atoms with Crippen LogP contribution in [0.15, 0.2) is 6.07 Å². The predicted molar refractivity (Wildman–Crippen MR) is 88.2 cm³/mol. The molecule has 0 amide bonds. The van der Waals surface area contributed by atoms with Crippen LogP contribution in [0.4, 0.5) is 0 Å². The van der Waals surface area contributed by atoms with Gasteiger partial charge in [-0.05, 0) is 58.8 Å². The van der Waals surface area contributed by atoms with Crippen LogP contribution in [0, 0.1) is 19.8 Å². The molecule has 0 aliphatic rings. The van der Waals surface area contributed by atoms with Gasteiger partial charge in [-0.25, -0.2) is 0 Å². The van der Waals surface area contributed by atoms with Crippen molar-refractivity contribution in [3.8, 4) is 0 Å². The average Bonchev–Trinajstić information content (AvgIpc) is 2.59. The normalized spacial score (nSPS) is 13.4. The minimum atomic E-state index is 0.565. The average molecular weight is 279 g/mol. The van der Waals surface area contributed by atoms with Crippen LogP contribution in [-0.2, 0) is 13.1 Å². The molecule has 1 aromatic heterocycles. The lowest BCUT2D eigenvalue weighted by Gasteiger charge is -2.24. The van der Waals surface area contributed by atoms with Crippen LogP contribution < -0.4 is 5.32 Å². The number of likely N-dealkylation sites (N-methyl/N-ethyl adjacent to an activating group) is 1. The van der Waals surface area contributed by atoms with Crippen LogP contribution in [0.5, 0.6) is 0 Å². The fraction of sp³-hybridized carbons (Fsp3) is 0.765. The highest BCUT2D eigenvalue weighted by atomic mass is 15.1. The van der Waals surface area contributed by atoms with Gasteiger partial charge in [0.1, 0.15) is 0 Å². The molecule has 0 bridgehead atoms. The molecule has 1 unspecified atom stereocenters. The summed E-state index contributed by atoms with van der Waals surface area (Å²) in [7, 11) is 4.30. The Hall–Kier alpha value is -0.800. The van der Waals surface area contributed by atoms with Gasteiger partial charge in [0.15, 0.2) is 0 Å². The van der Waals surface area contributed by atoms with E-state index in [1.165, 1.54) is 23.4 Å². The van der Waals surface area contributed by atoms with Crippen molar-refractivity contribution in [1.82, 2.24) is 14.8 Å². The standard InChI is InChI=1S/C17H33N3/c1-8-20-14(4)10-16(15(20)5)11-18-17(9-13(2)3)12-19(6)7/h10,13,17-18H,8-9,11-12H2,1-7H3. The molecular formula is C17H33N3. The molecule has 0 spiro atoms. The quantitative estimate of drug-likeness (QED) is 0.788. The lowest BCUT2D eigenvalue weighted by Crippen LogP contribution is -2.38. The second-order valence-electron chi connectivity index (χ2n) is 6.61. The van der Waals surface area contributed by atoms with Gasteiger partial charge < -0.3 is 14.8 Å². The van der Waals surface area contributed by atoms with Crippen LogP contribution in [0.1, 0.15) is 44.1 Å². The van der Waals surface area contributed by atoms with Crippen molar-refractivity contribution in [2.24, 2.45) is 5.92 Å². The van der Waals surface area contributed by atoms with Crippen molar-refractivity contribution in [3.63, 3.8) is 0 Å². The molecule has 0 radical (unpaired) electrons. The predicted octanol–water partition coefficient (Wildman–Crippen LogP) is 3.19. The van der Waals surface area contributed by atoms with Crippen molar-refractivity contribution < 1.29 is 0 Å². The Morgan fingerprint density at radius 3 is 2.35 bits per heavy atom. The number of nitrogens with one attached hydrogen (secondary N) is 1. The third-order valence-electron chi connectivity index (χ3n) is 3.92. The van der Waals surface area contributed by atoms with Crippen molar-refractivity contribution in [1.29, 1.82) is 0 Å². The van der Waals surface area contributed by atoms with Crippen LogP contribution >= 0.6 is 0 Å². The highest BCUT2D eigenvalue weighted by Gasteiger charge is 2.13. The zero-order valence-electron chi connectivity index (χ0n) is 14.5. The van der Waals surface area contributed by atoms with E-state index in [4.69, 9.17) is 0 Å². The van der Waals surface area contributed by atoms with Gasteiger partial charge in [-0.15, -0.1) is 0 Å². The van der Waals surface area contributed by atoms with E-state index < -0.39 is 0 Å². The first-order valence-corrected chi connectivity index (χ1v) is 7.88. The number of rotatable bonds is 8. The third kappa shape index (κ3) is 4.95. The second kappa shape index (κ2) is 7.84. The highest BCUT2D eigenvalue weighted by Crippen LogP contribution is 2.15. The summed E-state index contributed by atoms with van der Waals surface area (Å²) in [6, 6.07) is 2.89. The van der Waals surface area contributed by atoms with Gasteiger partial charge in [-0.2, -0.15) is 0 Å². The van der Waals surface area contributed by atoms with E-state index in [1.807, 2.05) is 0 Å². The van der Waals surface area contributed by atoms with E-state index in [9.17, 15) is 0 Å². The monoisotopic (exact) mass is 279 g/mol. The lowest BCUT2D eigenvalue weighted by molar-refractivity contribution is 0.305. The summed E-state index contributed by atoms with van der Waals surface area (Å²) in [6.45, 7) is 14.4. The van der Waals surface area contributed by atoms with E-state index in [1.54, 1.807) is 0 Å². The SMILES string of the molecule is CCn1c(C)cc(CNC(CC(C)C)CN(C)C)c1C. The molecule has 0 saturated carbocycles. The molecule has 0 saturated heterocycles. The van der Waals surface area contributed by atoms with Crippen LogP contribution in [0.3, 0.4) is 0 Å². The highest BCUT2D eigenvalue weighted by molar-refractivity contribution is 5.26. The summed E-state index contributed by atoms with van der Waals surface area (Å²) < 4.78 is 2.39. The summed E-state index contributed by atoms with van der Waals surface area (Å²) in [5.74, 6) is 0.732. The van der Waals surface area contributed by atoms with Gasteiger partial charge in [0.25, 0.3) is 0 Å². The van der Waals surface area contributed by atoms with Crippen molar-refractivity contribution in [2.75, 3.05) is 20.6 Å². The number of aromatic nitrogens is 1. The first-order chi connectivity index (χ1) is 9.35. The molecule has 3 nitrogen and oxygen atoms in total. The molecule has 0 aromatic carbocycles. The maximum atomic E-state index is 3.75. The molecule has 1 heterocycles. The van der Waals surface area contributed by atoms with Crippen molar-refractivity contribution >= 4 is 0 Å². The Labute approximate surface area is 125 Å². The topological polar surface area (TPSA) is 20.2 Å². The lowest BCUT2D eigenvalue weighted by atomic mass is 10.0. The molecule has 20 heavy (non-hydrogen) atoms. The van der Waals surface area contributed by atoms with Gasteiger partial charge in [-0.1, -0.05) is 13.8 Å². The maximum absolute atomic E-state index is 3.75. The van der Waals surface area contributed by atoms with Crippen LogP contribution in [-0.4, -0.2) is 36.1 Å². The maximum Gasteiger partial charge on any atom is 0.0226 e. The Morgan fingerprint density at radius 2 is 1.90 bits per heavy atom.